The molecule has 2 aromatic carbocycles. The summed E-state index contributed by atoms with van der Waals surface area (Å²) in [6, 6.07) is 11.5. The molecule has 0 unspecified atom stereocenters. The first kappa shape index (κ1) is 15.7. The smallest absolute Gasteiger partial charge is 0.208 e. The lowest BCUT2D eigenvalue weighted by Crippen LogP contribution is -2.02. The van der Waals surface area contributed by atoms with Crippen LogP contribution in [0.25, 0.3) is 11.8 Å². The summed E-state index contributed by atoms with van der Waals surface area (Å²) in [5, 5.41) is 7.84. The predicted molar refractivity (Wildman–Crippen MR) is 85.8 cm³/mol. The maximum Gasteiger partial charge on any atom is 0.208 e. The van der Waals surface area contributed by atoms with Crippen LogP contribution in [0, 0.1) is 18.6 Å². The van der Waals surface area contributed by atoms with Gasteiger partial charge in [0.15, 0.2) is 5.69 Å². The van der Waals surface area contributed by atoms with Crippen molar-refractivity contribution in [3.63, 3.8) is 0 Å². The molecule has 0 aliphatic carbocycles. The van der Waals surface area contributed by atoms with Crippen molar-refractivity contribution in [2.75, 3.05) is 0 Å². The fourth-order valence-electron chi connectivity index (χ4n) is 2.21. The molecule has 24 heavy (non-hydrogen) atoms. The van der Waals surface area contributed by atoms with Gasteiger partial charge in [0.2, 0.25) is 5.78 Å². The molecule has 0 bridgehead atoms. The Morgan fingerprint density at radius 2 is 1.58 bits per heavy atom. The summed E-state index contributed by atoms with van der Waals surface area (Å²) >= 11 is 0. The Labute approximate surface area is 137 Å². The number of halogens is 2. The molecule has 3 rings (SSSR count). The Balaban J connectivity index is 1.83. The van der Waals surface area contributed by atoms with Gasteiger partial charge in [-0.3, -0.25) is 4.79 Å². The van der Waals surface area contributed by atoms with Crippen LogP contribution in [-0.4, -0.2) is 20.8 Å². The van der Waals surface area contributed by atoms with Gasteiger partial charge in [0, 0.05) is 0 Å². The van der Waals surface area contributed by atoms with Crippen LogP contribution in [0.5, 0.6) is 0 Å². The first-order valence-corrected chi connectivity index (χ1v) is 7.21. The highest BCUT2D eigenvalue weighted by Crippen LogP contribution is 2.14. The molecular formula is C18H13F2N3O. The summed E-state index contributed by atoms with van der Waals surface area (Å²) in [6.45, 7) is 1.71. The lowest BCUT2D eigenvalue weighted by atomic mass is 10.1. The van der Waals surface area contributed by atoms with Crippen molar-refractivity contribution in [1.29, 1.82) is 0 Å². The molecule has 0 aliphatic heterocycles. The second-order valence-electron chi connectivity index (χ2n) is 5.16. The molecule has 1 aromatic heterocycles. The molecule has 0 spiro atoms. The Hall–Kier alpha value is -3.15. The van der Waals surface area contributed by atoms with E-state index in [1.165, 1.54) is 35.0 Å². The highest BCUT2D eigenvalue weighted by atomic mass is 19.1. The van der Waals surface area contributed by atoms with E-state index in [-0.39, 0.29) is 23.1 Å². The standard InChI is InChI=1S/C18H13F2N3O/c1-12-18(17(24)11-4-13-2-5-14(19)6-3-13)21-22-23(12)16-9-7-15(20)8-10-16/h2-11H,1H3/b11-4+. The number of rotatable bonds is 4. The summed E-state index contributed by atoms with van der Waals surface area (Å²) in [7, 11) is 0. The van der Waals surface area contributed by atoms with Crippen LogP contribution in [0.3, 0.4) is 0 Å². The zero-order valence-corrected chi connectivity index (χ0v) is 12.8. The summed E-state index contributed by atoms with van der Waals surface area (Å²) in [4.78, 5) is 12.3. The first-order chi connectivity index (χ1) is 11.5. The molecule has 0 N–H and O–H groups in total. The van der Waals surface area contributed by atoms with Crippen LogP contribution in [0.4, 0.5) is 8.78 Å². The number of ketones is 1. The minimum absolute atomic E-state index is 0.206. The molecule has 4 nitrogen and oxygen atoms in total. The number of benzene rings is 2. The number of nitrogens with zero attached hydrogens (tertiary/aromatic N) is 3. The molecule has 0 aliphatic rings. The number of aromatic nitrogens is 3. The molecule has 0 radical (unpaired) electrons. The summed E-state index contributed by atoms with van der Waals surface area (Å²) < 4.78 is 27.3. The Kier molecular flexibility index (Phi) is 4.29. The van der Waals surface area contributed by atoms with E-state index in [0.29, 0.717) is 16.9 Å². The van der Waals surface area contributed by atoms with E-state index in [2.05, 4.69) is 10.3 Å². The van der Waals surface area contributed by atoms with Crippen LogP contribution in [0.1, 0.15) is 21.7 Å². The molecule has 0 saturated carbocycles. The second kappa shape index (κ2) is 6.54. The van der Waals surface area contributed by atoms with Gasteiger partial charge >= 0.3 is 0 Å². The zero-order valence-electron chi connectivity index (χ0n) is 12.8. The Morgan fingerprint density at radius 1 is 1.00 bits per heavy atom. The van der Waals surface area contributed by atoms with Crippen molar-refractivity contribution in [3.8, 4) is 5.69 Å². The minimum Gasteiger partial charge on any atom is -0.287 e. The fraction of sp³-hybridized carbons (Fsp3) is 0.0556. The lowest BCUT2D eigenvalue weighted by Gasteiger charge is -2.02. The van der Waals surface area contributed by atoms with Crippen molar-refractivity contribution in [1.82, 2.24) is 15.0 Å². The Bertz CT molecular complexity index is 897. The highest BCUT2D eigenvalue weighted by Gasteiger charge is 2.15. The second-order valence-corrected chi connectivity index (χ2v) is 5.16. The lowest BCUT2D eigenvalue weighted by molar-refractivity contribution is 0.104. The molecule has 120 valence electrons. The third-order valence-electron chi connectivity index (χ3n) is 3.50. The fourth-order valence-corrected chi connectivity index (χ4v) is 2.21. The van der Waals surface area contributed by atoms with Gasteiger partial charge < -0.3 is 0 Å². The van der Waals surface area contributed by atoms with Gasteiger partial charge in [0.25, 0.3) is 0 Å². The predicted octanol–water partition coefficient (Wildman–Crippen LogP) is 3.75. The Morgan fingerprint density at radius 3 is 2.21 bits per heavy atom. The molecule has 1 heterocycles. The van der Waals surface area contributed by atoms with Gasteiger partial charge in [0.1, 0.15) is 11.6 Å². The van der Waals surface area contributed by atoms with Crippen LogP contribution >= 0.6 is 0 Å². The van der Waals surface area contributed by atoms with Gasteiger partial charge in [-0.05, 0) is 55.0 Å². The first-order valence-electron chi connectivity index (χ1n) is 7.21. The molecule has 3 aromatic rings. The van der Waals surface area contributed by atoms with E-state index in [1.807, 2.05) is 0 Å². The summed E-state index contributed by atoms with van der Waals surface area (Å²) in [6.07, 6.45) is 2.94. The summed E-state index contributed by atoms with van der Waals surface area (Å²) in [5.41, 5.74) is 2.07. The number of hydrogen-bond donors (Lipinski definition) is 0. The van der Waals surface area contributed by atoms with Crippen molar-refractivity contribution in [3.05, 3.63) is 83.2 Å². The van der Waals surface area contributed by atoms with Crippen molar-refractivity contribution in [2.45, 2.75) is 6.92 Å². The average Bonchev–Trinajstić information content (AvgIpc) is 2.96. The van der Waals surface area contributed by atoms with E-state index in [9.17, 15) is 13.6 Å². The normalized spacial score (nSPS) is 11.1. The van der Waals surface area contributed by atoms with Gasteiger partial charge in [-0.15, -0.1) is 5.10 Å². The maximum absolute atomic E-state index is 13.0. The number of carbonyl (C=O) groups excluding carboxylic acids is 1. The molecule has 6 heteroatoms. The van der Waals surface area contributed by atoms with Gasteiger partial charge in [0.05, 0.1) is 11.4 Å². The van der Waals surface area contributed by atoms with Crippen molar-refractivity contribution < 1.29 is 13.6 Å². The molecule has 0 amide bonds. The topological polar surface area (TPSA) is 47.8 Å². The zero-order chi connectivity index (χ0) is 17.1. The number of allylic oxidation sites excluding steroid dienone is 1. The molecule has 0 atom stereocenters. The summed E-state index contributed by atoms with van der Waals surface area (Å²) in [5.74, 6) is -1.00. The van der Waals surface area contributed by atoms with Crippen LogP contribution in [-0.2, 0) is 0 Å². The highest BCUT2D eigenvalue weighted by molar-refractivity contribution is 6.06. The van der Waals surface area contributed by atoms with Crippen LogP contribution in [0.2, 0.25) is 0 Å². The average molecular weight is 325 g/mol. The SMILES string of the molecule is Cc1c(C(=O)/C=C/c2ccc(F)cc2)nnn1-c1ccc(F)cc1. The van der Waals surface area contributed by atoms with E-state index in [4.69, 9.17) is 0 Å². The van der Waals surface area contributed by atoms with Crippen molar-refractivity contribution in [2.24, 2.45) is 0 Å². The molecule has 0 fully saturated rings. The molecular weight excluding hydrogens is 312 g/mol. The van der Waals surface area contributed by atoms with Crippen LogP contribution in [0.15, 0.2) is 54.6 Å². The van der Waals surface area contributed by atoms with E-state index in [1.54, 1.807) is 37.3 Å². The molecule has 0 saturated heterocycles. The van der Waals surface area contributed by atoms with Gasteiger partial charge in [-0.2, -0.15) is 0 Å². The quantitative estimate of drug-likeness (QED) is 0.542. The monoisotopic (exact) mass is 325 g/mol. The maximum atomic E-state index is 13.0. The number of hydrogen-bond acceptors (Lipinski definition) is 3. The third-order valence-corrected chi connectivity index (χ3v) is 3.50. The minimum atomic E-state index is -0.352. The number of carbonyl (C=O) groups is 1. The van der Waals surface area contributed by atoms with E-state index >= 15 is 0 Å². The van der Waals surface area contributed by atoms with Gasteiger partial charge in [-0.1, -0.05) is 23.4 Å². The largest absolute Gasteiger partial charge is 0.287 e. The van der Waals surface area contributed by atoms with E-state index < -0.39 is 0 Å². The van der Waals surface area contributed by atoms with Crippen LogP contribution < -0.4 is 0 Å². The van der Waals surface area contributed by atoms with E-state index in [0.717, 1.165) is 0 Å². The van der Waals surface area contributed by atoms with Gasteiger partial charge in [-0.25, -0.2) is 13.5 Å². The third kappa shape index (κ3) is 3.27. The van der Waals surface area contributed by atoms with Crippen molar-refractivity contribution >= 4 is 11.9 Å².